The highest BCUT2D eigenvalue weighted by Gasteiger charge is 2.28. The van der Waals surface area contributed by atoms with Gasteiger partial charge in [0.2, 0.25) is 0 Å². The molecule has 0 aromatic carbocycles. The molecule has 1 aromatic heterocycles. The first-order valence-corrected chi connectivity index (χ1v) is 6.35. The maximum absolute atomic E-state index is 12.1. The van der Waals surface area contributed by atoms with Gasteiger partial charge in [0.1, 0.15) is 0 Å². The highest BCUT2D eigenvalue weighted by molar-refractivity contribution is 7.03. The number of carbonyl (C=O) groups excluding carboxylic acids is 1. The van der Waals surface area contributed by atoms with Crippen molar-refractivity contribution in [2.45, 2.75) is 31.7 Å². The number of rotatable bonds is 3. The minimum atomic E-state index is -0.0492. The zero-order valence-corrected chi connectivity index (χ0v) is 9.82. The number of hydrogen-bond acceptors (Lipinski definition) is 5. The first-order chi connectivity index (χ1) is 7.83. The summed E-state index contributed by atoms with van der Waals surface area (Å²) in [4.78, 5) is 13.9. The Morgan fingerprint density at radius 2 is 2.50 bits per heavy atom. The van der Waals surface area contributed by atoms with Crippen LogP contribution in [0.3, 0.4) is 0 Å². The van der Waals surface area contributed by atoms with E-state index in [9.17, 15) is 4.79 Å². The number of aromatic nitrogens is 2. The fourth-order valence-corrected chi connectivity index (χ4v) is 2.55. The molecule has 1 N–H and O–H groups in total. The van der Waals surface area contributed by atoms with E-state index < -0.39 is 0 Å². The van der Waals surface area contributed by atoms with Crippen LogP contribution in [0.4, 0.5) is 0 Å². The fourth-order valence-electron chi connectivity index (χ4n) is 2.12. The van der Waals surface area contributed by atoms with Gasteiger partial charge in [-0.15, -0.1) is 5.10 Å². The van der Waals surface area contributed by atoms with Crippen LogP contribution in [-0.2, 0) is 0 Å². The van der Waals surface area contributed by atoms with Crippen molar-refractivity contribution in [1.82, 2.24) is 14.5 Å². The van der Waals surface area contributed by atoms with Crippen molar-refractivity contribution in [2.24, 2.45) is 0 Å². The molecule has 1 saturated heterocycles. The van der Waals surface area contributed by atoms with Crippen LogP contribution in [0.5, 0.6) is 0 Å². The highest BCUT2D eigenvalue weighted by Crippen LogP contribution is 2.21. The van der Waals surface area contributed by atoms with E-state index in [1.807, 2.05) is 4.90 Å². The monoisotopic (exact) mass is 241 g/mol. The zero-order chi connectivity index (χ0) is 11.4. The van der Waals surface area contributed by atoms with Gasteiger partial charge in [0, 0.05) is 24.6 Å². The van der Waals surface area contributed by atoms with Gasteiger partial charge < -0.3 is 10.0 Å². The van der Waals surface area contributed by atoms with E-state index >= 15 is 0 Å². The molecule has 2 rings (SSSR count). The van der Waals surface area contributed by atoms with Gasteiger partial charge in [-0.2, -0.15) is 0 Å². The number of piperidine rings is 1. The number of likely N-dealkylation sites (tertiary alicyclic amines) is 1. The Morgan fingerprint density at radius 1 is 1.62 bits per heavy atom. The summed E-state index contributed by atoms with van der Waals surface area (Å²) in [5, 5.41) is 14.5. The van der Waals surface area contributed by atoms with Gasteiger partial charge in [0.25, 0.3) is 5.91 Å². The second kappa shape index (κ2) is 5.36. The van der Waals surface area contributed by atoms with Crippen LogP contribution in [0.1, 0.15) is 36.2 Å². The molecule has 1 atom stereocenters. The molecular formula is C10H15N3O2S. The predicted octanol–water partition coefficient (Wildman–Crippen LogP) is 0.915. The SMILES string of the molecule is O=C(c1csnn1)N1CCCCC1CCO. The normalized spacial score (nSPS) is 21.1. The number of aliphatic hydroxyl groups is 1. The number of amides is 1. The molecule has 0 bridgehead atoms. The summed E-state index contributed by atoms with van der Waals surface area (Å²) < 4.78 is 3.70. The molecular weight excluding hydrogens is 226 g/mol. The lowest BCUT2D eigenvalue weighted by molar-refractivity contribution is 0.0568. The number of hydrogen-bond donors (Lipinski definition) is 1. The quantitative estimate of drug-likeness (QED) is 0.854. The molecule has 1 aromatic rings. The smallest absolute Gasteiger partial charge is 0.275 e. The minimum absolute atomic E-state index is 0.0492. The van der Waals surface area contributed by atoms with Crippen LogP contribution < -0.4 is 0 Å². The van der Waals surface area contributed by atoms with Crippen LogP contribution in [-0.4, -0.2) is 44.7 Å². The van der Waals surface area contributed by atoms with Crippen molar-refractivity contribution in [2.75, 3.05) is 13.2 Å². The molecule has 0 aliphatic carbocycles. The van der Waals surface area contributed by atoms with Gasteiger partial charge in [-0.25, -0.2) is 0 Å². The van der Waals surface area contributed by atoms with E-state index in [0.29, 0.717) is 12.1 Å². The summed E-state index contributed by atoms with van der Waals surface area (Å²) in [6.07, 6.45) is 3.79. The van der Waals surface area contributed by atoms with Crippen molar-refractivity contribution in [1.29, 1.82) is 0 Å². The van der Waals surface area contributed by atoms with E-state index in [-0.39, 0.29) is 18.6 Å². The Hall–Kier alpha value is -1.01. The maximum atomic E-state index is 12.1. The lowest BCUT2D eigenvalue weighted by Gasteiger charge is -2.35. The molecule has 0 spiro atoms. The third-order valence-corrected chi connectivity index (χ3v) is 3.43. The van der Waals surface area contributed by atoms with Gasteiger partial charge in [0.15, 0.2) is 5.69 Å². The predicted molar refractivity (Wildman–Crippen MR) is 60.3 cm³/mol. The first-order valence-electron chi connectivity index (χ1n) is 5.52. The second-order valence-electron chi connectivity index (χ2n) is 3.95. The third kappa shape index (κ3) is 2.38. The fraction of sp³-hybridized carbons (Fsp3) is 0.700. The molecule has 1 aliphatic rings. The topological polar surface area (TPSA) is 66.3 Å². The number of nitrogens with zero attached hydrogens (tertiary/aromatic N) is 3. The van der Waals surface area contributed by atoms with Gasteiger partial charge in [0.05, 0.1) is 0 Å². The molecule has 0 radical (unpaired) electrons. The number of carbonyl (C=O) groups is 1. The van der Waals surface area contributed by atoms with E-state index in [4.69, 9.17) is 5.11 Å². The van der Waals surface area contributed by atoms with Crippen molar-refractivity contribution in [3.05, 3.63) is 11.1 Å². The van der Waals surface area contributed by atoms with Crippen molar-refractivity contribution in [3.63, 3.8) is 0 Å². The Kier molecular flexibility index (Phi) is 3.84. The van der Waals surface area contributed by atoms with Crippen LogP contribution in [0.15, 0.2) is 5.38 Å². The van der Waals surface area contributed by atoms with Crippen LogP contribution in [0.2, 0.25) is 0 Å². The molecule has 1 fully saturated rings. The van der Waals surface area contributed by atoms with Gasteiger partial charge in [-0.05, 0) is 37.2 Å². The van der Waals surface area contributed by atoms with Gasteiger partial charge >= 0.3 is 0 Å². The first kappa shape index (κ1) is 11.5. The summed E-state index contributed by atoms with van der Waals surface area (Å²) in [5.74, 6) is -0.0492. The summed E-state index contributed by atoms with van der Waals surface area (Å²) in [6.45, 7) is 0.894. The molecule has 88 valence electrons. The molecule has 16 heavy (non-hydrogen) atoms. The van der Waals surface area contributed by atoms with Crippen LogP contribution in [0, 0.1) is 0 Å². The Labute approximate surface area is 98.2 Å². The van der Waals surface area contributed by atoms with Gasteiger partial charge in [-0.3, -0.25) is 4.79 Å². The summed E-state index contributed by atoms with van der Waals surface area (Å²) in [6, 6.07) is 0.160. The van der Waals surface area contributed by atoms with Crippen molar-refractivity contribution in [3.8, 4) is 0 Å². The minimum Gasteiger partial charge on any atom is -0.396 e. The average molecular weight is 241 g/mol. The van der Waals surface area contributed by atoms with Crippen molar-refractivity contribution < 1.29 is 9.90 Å². The van der Waals surface area contributed by atoms with E-state index in [1.54, 1.807) is 5.38 Å². The standard InChI is InChI=1S/C10H15N3O2S/c14-6-4-8-3-1-2-5-13(8)10(15)9-7-16-12-11-9/h7-8,14H,1-6H2. The lowest BCUT2D eigenvalue weighted by Crippen LogP contribution is -2.44. The molecule has 1 unspecified atom stereocenters. The highest BCUT2D eigenvalue weighted by atomic mass is 32.1. The van der Waals surface area contributed by atoms with Crippen LogP contribution in [0.25, 0.3) is 0 Å². The van der Waals surface area contributed by atoms with E-state index in [1.165, 1.54) is 11.5 Å². The average Bonchev–Trinajstić information content (AvgIpc) is 2.83. The summed E-state index contributed by atoms with van der Waals surface area (Å²) >= 11 is 1.19. The molecule has 0 saturated carbocycles. The maximum Gasteiger partial charge on any atom is 0.275 e. The largest absolute Gasteiger partial charge is 0.396 e. The Morgan fingerprint density at radius 3 is 3.19 bits per heavy atom. The Bertz CT molecular complexity index is 340. The number of aliphatic hydroxyl groups excluding tert-OH is 1. The van der Waals surface area contributed by atoms with Crippen molar-refractivity contribution >= 4 is 17.4 Å². The lowest BCUT2D eigenvalue weighted by atomic mass is 9.99. The van der Waals surface area contributed by atoms with Crippen LogP contribution >= 0.6 is 11.5 Å². The summed E-state index contributed by atoms with van der Waals surface area (Å²) in [7, 11) is 0. The molecule has 1 amide bonds. The zero-order valence-electron chi connectivity index (χ0n) is 9.00. The second-order valence-corrected chi connectivity index (χ2v) is 4.56. The molecule has 1 aliphatic heterocycles. The molecule has 5 nitrogen and oxygen atoms in total. The van der Waals surface area contributed by atoms with E-state index in [2.05, 4.69) is 9.59 Å². The molecule has 2 heterocycles. The summed E-state index contributed by atoms with van der Waals surface area (Å²) in [5.41, 5.74) is 0.426. The van der Waals surface area contributed by atoms with E-state index in [0.717, 1.165) is 25.8 Å². The third-order valence-electron chi connectivity index (χ3n) is 2.93. The Balaban J connectivity index is 2.08. The molecule has 6 heteroatoms. The van der Waals surface area contributed by atoms with Gasteiger partial charge in [-0.1, -0.05) is 4.49 Å².